The fourth-order valence-electron chi connectivity index (χ4n) is 2.27. The van der Waals surface area contributed by atoms with Crippen LogP contribution in [0.5, 0.6) is 0 Å². The van der Waals surface area contributed by atoms with Crippen LogP contribution >= 0.6 is 8.60 Å². The van der Waals surface area contributed by atoms with E-state index in [9.17, 15) is 0 Å². The van der Waals surface area contributed by atoms with Crippen LogP contribution in [0.3, 0.4) is 0 Å². The zero-order valence-corrected chi connectivity index (χ0v) is 16.5. The summed E-state index contributed by atoms with van der Waals surface area (Å²) in [6.07, 6.45) is 12.9. The van der Waals surface area contributed by atoms with Gasteiger partial charge in [-0.15, -0.1) is 0 Å². The van der Waals surface area contributed by atoms with Gasteiger partial charge in [-0.1, -0.05) is 64.7 Å². The molecule has 0 aliphatic carbocycles. The fraction of sp³-hybridized carbons (Fsp3) is 1.00. The summed E-state index contributed by atoms with van der Waals surface area (Å²) >= 11 is 0. The van der Waals surface area contributed by atoms with Gasteiger partial charge in [0.2, 0.25) is 0 Å². The van der Waals surface area contributed by atoms with Crippen molar-refractivity contribution >= 4 is 8.60 Å². The minimum atomic E-state index is -2.62. The molecule has 0 aliphatic heterocycles. The number of rotatable bonds is 16. The van der Waals surface area contributed by atoms with Gasteiger partial charge in [-0.05, 0) is 6.42 Å². The van der Waals surface area contributed by atoms with E-state index in [1.807, 2.05) is 0 Å². The molecule has 0 aliphatic rings. The lowest BCUT2D eigenvalue weighted by molar-refractivity contribution is -0.0582. The summed E-state index contributed by atoms with van der Waals surface area (Å²) in [5, 5.41) is 27.5. The van der Waals surface area contributed by atoms with Gasteiger partial charge >= 0.3 is 8.60 Å². The Labute approximate surface area is 153 Å². The lowest BCUT2D eigenvalue weighted by Gasteiger charge is -2.26. The Hall–Kier alpha value is 0.150. The van der Waals surface area contributed by atoms with Gasteiger partial charge in [0.25, 0.3) is 0 Å². The van der Waals surface area contributed by atoms with E-state index in [1.165, 1.54) is 57.8 Å². The summed E-state index contributed by atoms with van der Waals surface area (Å²) in [5.74, 6) is 0. The van der Waals surface area contributed by atoms with E-state index >= 15 is 0 Å². The molecule has 0 bridgehead atoms. The van der Waals surface area contributed by atoms with E-state index < -0.39 is 14.0 Å². The van der Waals surface area contributed by atoms with Crippen LogP contribution in [0, 0.1) is 5.41 Å². The molecule has 0 saturated heterocycles. The molecule has 0 spiro atoms. The molecule has 0 aromatic heterocycles. The van der Waals surface area contributed by atoms with Crippen LogP contribution in [-0.4, -0.2) is 63.0 Å². The molecule has 25 heavy (non-hydrogen) atoms. The lowest BCUT2D eigenvalue weighted by Crippen LogP contribution is -2.38. The summed E-state index contributed by atoms with van der Waals surface area (Å²) in [7, 11) is -2.62. The molecule has 0 aromatic rings. The molecule has 6 N–H and O–H groups in total. The van der Waals surface area contributed by atoms with Gasteiger partial charge in [0, 0.05) is 6.61 Å². The third kappa shape index (κ3) is 20.3. The third-order valence-electron chi connectivity index (χ3n) is 4.06. The monoisotopic (exact) mass is 386 g/mol. The first kappa shape index (κ1) is 27.4. The van der Waals surface area contributed by atoms with E-state index in [1.54, 1.807) is 0 Å². The van der Waals surface area contributed by atoms with Gasteiger partial charge in [-0.3, -0.25) is 0 Å². The van der Waals surface area contributed by atoms with Gasteiger partial charge in [-0.2, -0.15) is 0 Å². The van der Waals surface area contributed by atoms with Crippen molar-refractivity contribution in [2.75, 3.05) is 33.0 Å². The van der Waals surface area contributed by atoms with Crippen molar-refractivity contribution in [1.29, 1.82) is 0 Å². The first-order valence-corrected chi connectivity index (χ1v) is 10.4. The highest BCUT2D eigenvalue weighted by atomic mass is 31.2. The van der Waals surface area contributed by atoms with Crippen molar-refractivity contribution in [3.63, 3.8) is 0 Å². The van der Waals surface area contributed by atoms with E-state index in [2.05, 4.69) is 6.92 Å². The Balaban J connectivity index is 0. The summed E-state index contributed by atoms with van der Waals surface area (Å²) in [6.45, 7) is 2.34. The minimum absolute atomic E-state index is 0.216. The number of hydrogen-bond donors (Lipinski definition) is 6. The third-order valence-corrected chi connectivity index (χ3v) is 4.06. The SMILES string of the molecule is CCCCCCCCCCCCOCC(CO)(CO)CO.OP(O)O. The first-order chi connectivity index (χ1) is 12.0. The second-order valence-corrected chi connectivity index (χ2v) is 7.01. The Kier molecular flexibility index (Phi) is 22.4. The van der Waals surface area contributed by atoms with Crippen molar-refractivity contribution in [3.8, 4) is 0 Å². The highest BCUT2D eigenvalue weighted by Crippen LogP contribution is 2.16. The van der Waals surface area contributed by atoms with Crippen LogP contribution in [0.15, 0.2) is 0 Å². The maximum absolute atomic E-state index is 9.15. The second kappa shape index (κ2) is 20.5. The molecule has 0 amide bonds. The first-order valence-electron chi connectivity index (χ1n) is 9.25. The van der Waals surface area contributed by atoms with Crippen molar-refractivity contribution < 1.29 is 34.7 Å². The van der Waals surface area contributed by atoms with Gasteiger partial charge in [0.15, 0.2) is 0 Å². The van der Waals surface area contributed by atoms with Crippen LogP contribution in [0.2, 0.25) is 0 Å². The standard InChI is InChI=1S/C17H36O4.H3O3P/c1-2-3-4-5-6-7-8-9-10-11-12-21-16-17(13-18,14-19)15-20;1-4(2)3/h18-20H,2-16H2,1H3;1-3H. The smallest absolute Gasteiger partial charge is 0.324 e. The van der Waals surface area contributed by atoms with E-state index in [0.29, 0.717) is 6.61 Å². The zero-order chi connectivity index (χ0) is 19.4. The predicted octanol–water partition coefficient (Wildman–Crippen LogP) is 2.08. The van der Waals surface area contributed by atoms with Crippen molar-refractivity contribution in [2.45, 2.75) is 71.1 Å². The summed E-state index contributed by atoms with van der Waals surface area (Å²) in [6, 6.07) is 0. The number of unbranched alkanes of at least 4 members (excludes halogenated alkanes) is 9. The fourth-order valence-corrected chi connectivity index (χ4v) is 2.27. The Bertz CT molecular complexity index is 240. The number of ether oxygens (including phenoxy) is 1. The molecular weight excluding hydrogens is 347 g/mol. The maximum atomic E-state index is 9.15. The quantitative estimate of drug-likeness (QED) is 0.177. The van der Waals surface area contributed by atoms with Crippen molar-refractivity contribution in [1.82, 2.24) is 0 Å². The normalized spacial score (nSPS) is 11.5. The van der Waals surface area contributed by atoms with Crippen LogP contribution < -0.4 is 0 Å². The topological polar surface area (TPSA) is 131 Å². The molecule has 8 heteroatoms. The molecule has 0 radical (unpaired) electrons. The second-order valence-electron chi connectivity index (χ2n) is 6.48. The van der Waals surface area contributed by atoms with Crippen molar-refractivity contribution in [3.05, 3.63) is 0 Å². The Morgan fingerprint density at radius 1 is 0.680 bits per heavy atom. The lowest BCUT2D eigenvalue weighted by atomic mass is 9.93. The number of aliphatic hydroxyl groups is 3. The van der Waals surface area contributed by atoms with Crippen LogP contribution in [0.1, 0.15) is 71.1 Å². The number of hydrogen-bond acceptors (Lipinski definition) is 7. The van der Waals surface area contributed by atoms with Gasteiger partial charge in [0.1, 0.15) is 0 Å². The maximum Gasteiger partial charge on any atom is 0.324 e. The van der Waals surface area contributed by atoms with Crippen LogP contribution in [0.25, 0.3) is 0 Å². The van der Waals surface area contributed by atoms with Gasteiger partial charge in [-0.25, -0.2) is 0 Å². The molecule has 0 unspecified atom stereocenters. The van der Waals surface area contributed by atoms with E-state index in [-0.39, 0.29) is 26.4 Å². The average molecular weight is 386 g/mol. The predicted molar refractivity (Wildman–Crippen MR) is 99.9 cm³/mol. The summed E-state index contributed by atoms with van der Waals surface area (Å²) in [4.78, 5) is 21.7. The van der Waals surface area contributed by atoms with E-state index in [4.69, 9.17) is 34.7 Å². The molecule has 154 valence electrons. The summed E-state index contributed by atoms with van der Waals surface area (Å²) < 4.78 is 5.46. The zero-order valence-electron chi connectivity index (χ0n) is 15.6. The molecular formula is C17H39O7P. The van der Waals surface area contributed by atoms with Crippen molar-refractivity contribution in [2.24, 2.45) is 5.41 Å². The van der Waals surface area contributed by atoms with Crippen LogP contribution in [0.4, 0.5) is 0 Å². The van der Waals surface area contributed by atoms with Gasteiger partial charge in [0.05, 0.1) is 31.8 Å². The minimum Gasteiger partial charge on any atom is -0.396 e. The molecule has 7 nitrogen and oxygen atoms in total. The van der Waals surface area contributed by atoms with Gasteiger partial charge < -0.3 is 34.7 Å². The highest BCUT2D eigenvalue weighted by Gasteiger charge is 2.28. The molecule has 0 heterocycles. The summed E-state index contributed by atoms with van der Waals surface area (Å²) in [5.41, 5.74) is -0.890. The largest absolute Gasteiger partial charge is 0.396 e. The Morgan fingerprint density at radius 3 is 1.40 bits per heavy atom. The average Bonchev–Trinajstić information content (AvgIpc) is 2.59. The molecule has 0 atom stereocenters. The molecule has 0 rings (SSSR count). The molecule has 0 saturated carbocycles. The molecule has 0 fully saturated rings. The number of aliphatic hydroxyl groups excluding tert-OH is 3. The van der Waals surface area contributed by atoms with E-state index in [0.717, 1.165) is 6.42 Å². The van der Waals surface area contributed by atoms with Crippen LogP contribution in [-0.2, 0) is 4.74 Å². The molecule has 0 aromatic carbocycles. The highest BCUT2D eigenvalue weighted by molar-refractivity contribution is 7.38. The Morgan fingerprint density at radius 2 is 1.04 bits per heavy atom.